The number of hydrogen-bond acceptors (Lipinski definition) is 4. The Morgan fingerprint density at radius 1 is 1.29 bits per heavy atom. The first kappa shape index (κ1) is 23.2. The van der Waals surface area contributed by atoms with Crippen molar-refractivity contribution in [1.29, 1.82) is 0 Å². The molecule has 0 saturated carbocycles. The highest BCUT2D eigenvalue weighted by atomic mass is 35.5. The second kappa shape index (κ2) is 13.6. The number of ether oxygens (including phenoxy) is 1. The van der Waals surface area contributed by atoms with Gasteiger partial charge in [-0.1, -0.05) is 6.92 Å². The van der Waals surface area contributed by atoms with Gasteiger partial charge in [0.15, 0.2) is 0 Å². The molecule has 1 rings (SSSR count). The van der Waals surface area contributed by atoms with Crippen molar-refractivity contribution in [3.05, 3.63) is 0 Å². The molecule has 0 aromatic carbocycles. The van der Waals surface area contributed by atoms with Crippen molar-refractivity contribution >= 4 is 30.7 Å². The molecule has 1 N–H and O–H groups in total. The summed E-state index contributed by atoms with van der Waals surface area (Å²) in [5, 5.41) is 3.03. The Kier molecular flexibility index (Phi) is 15.0. The highest BCUT2D eigenvalue weighted by Gasteiger charge is 2.27. The molecule has 1 heterocycles. The molecule has 1 unspecified atom stereocenters. The topological polar surface area (TPSA) is 44.8 Å². The van der Waals surface area contributed by atoms with Crippen LogP contribution in [-0.4, -0.2) is 74.7 Å². The second-order valence-corrected chi connectivity index (χ2v) is 4.99. The fourth-order valence-electron chi connectivity index (χ4n) is 2.52. The third-order valence-corrected chi connectivity index (χ3v) is 3.74. The molecule has 0 aliphatic carbocycles. The first-order chi connectivity index (χ1) is 9.22. The van der Waals surface area contributed by atoms with E-state index < -0.39 is 0 Å². The van der Waals surface area contributed by atoms with Crippen LogP contribution in [-0.2, 0) is 9.53 Å². The van der Waals surface area contributed by atoms with Crippen LogP contribution in [0.5, 0.6) is 0 Å². The van der Waals surface area contributed by atoms with Crippen LogP contribution in [0.1, 0.15) is 26.7 Å². The molecule has 21 heavy (non-hydrogen) atoms. The Morgan fingerprint density at radius 3 is 2.57 bits per heavy atom. The summed E-state index contributed by atoms with van der Waals surface area (Å²) in [4.78, 5) is 16.5. The van der Waals surface area contributed by atoms with E-state index in [1.54, 1.807) is 0 Å². The minimum absolute atomic E-state index is 0. The summed E-state index contributed by atoms with van der Waals surface area (Å²) in [6, 6.07) is 0.479. The smallest absolute Gasteiger partial charge is 0.223 e. The summed E-state index contributed by atoms with van der Waals surface area (Å²) in [5.74, 6) is 0.275. The Balaban J connectivity index is 0. The monoisotopic (exact) mass is 343 g/mol. The van der Waals surface area contributed by atoms with E-state index in [4.69, 9.17) is 4.74 Å². The van der Waals surface area contributed by atoms with Gasteiger partial charge in [0.05, 0.1) is 6.61 Å². The molecule has 0 aromatic rings. The van der Waals surface area contributed by atoms with Crippen molar-refractivity contribution in [1.82, 2.24) is 15.1 Å². The molecular formula is C14H31Cl2N3O2. The van der Waals surface area contributed by atoms with E-state index in [2.05, 4.69) is 17.1 Å². The molecule has 0 bridgehead atoms. The van der Waals surface area contributed by atoms with E-state index in [1.807, 2.05) is 18.9 Å². The summed E-state index contributed by atoms with van der Waals surface area (Å²) in [7, 11) is 1.88. The number of carbonyl (C=O) groups is 1. The molecule has 1 saturated heterocycles. The molecule has 1 aliphatic heterocycles. The molecule has 1 amide bonds. The van der Waals surface area contributed by atoms with Gasteiger partial charge in [-0.05, 0) is 20.4 Å². The first-order valence-corrected chi connectivity index (χ1v) is 7.47. The van der Waals surface area contributed by atoms with Crippen LogP contribution in [0.3, 0.4) is 0 Å². The molecule has 128 valence electrons. The van der Waals surface area contributed by atoms with Crippen LogP contribution < -0.4 is 5.32 Å². The lowest BCUT2D eigenvalue weighted by Crippen LogP contribution is -2.55. The van der Waals surface area contributed by atoms with E-state index in [1.165, 1.54) is 0 Å². The van der Waals surface area contributed by atoms with Crippen molar-refractivity contribution in [2.45, 2.75) is 32.7 Å². The van der Waals surface area contributed by atoms with Crippen LogP contribution in [0.4, 0.5) is 0 Å². The summed E-state index contributed by atoms with van der Waals surface area (Å²) in [5.41, 5.74) is 0. The lowest BCUT2D eigenvalue weighted by Gasteiger charge is -2.41. The Hall–Kier alpha value is -0.0700. The van der Waals surface area contributed by atoms with Gasteiger partial charge in [-0.15, -0.1) is 24.8 Å². The highest BCUT2D eigenvalue weighted by Crippen LogP contribution is 2.13. The average Bonchev–Trinajstić information content (AvgIpc) is 2.45. The van der Waals surface area contributed by atoms with Gasteiger partial charge in [0.2, 0.25) is 5.91 Å². The second-order valence-electron chi connectivity index (χ2n) is 4.99. The standard InChI is InChI=1S/C14H29N3O2.2ClH/c1-4-13-12-17(14(18)6-7-15-3)9-8-16(13)10-11-19-5-2;;/h13,15H,4-12H2,1-3H3;2*1H. The Labute approximate surface area is 141 Å². The summed E-state index contributed by atoms with van der Waals surface area (Å²) in [6.07, 6.45) is 1.69. The summed E-state index contributed by atoms with van der Waals surface area (Å²) in [6.45, 7) is 10.2. The van der Waals surface area contributed by atoms with Crippen molar-refractivity contribution in [2.24, 2.45) is 0 Å². The molecule has 0 aromatic heterocycles. The minimum Gasteiger partial charge on any atom is -0.380 e. The van der Waals surface area contributed by atoms with Crippen LogP contribution in [0.2, 0.25) is 0 Å². The van der Waals surface area contributed by atoms with E-state index in [0.29, 0.717) is 12.5 Å². The largest absolute Gasteiger partial charge is 0.380 e. The SMILES string of the molecule is CCOCCN1CCN(C(=O)CCNC)CC1CC.Cl.Cl. The van der Waals surface area contributed by atoms with Gasteiger partial charge in [0, 0.05) is 51.8 Å². The number of carbonyl (C=O) groups excluding carboxylic acids is 1. The third kappa shape index (κ3) is 8.21. The highest BCUT2D eigenvalue weighted by molar-refractivity contribution is 5.85. The van der Waals surface area contributed by atoms with Crippen molar-refractivity contribution < 1.29 is 9.53 Å². The van der Waals surface area contributed by atoms with Crippen molar-refractivity contribution in [3.8, 4) is 0 Å². The molecule has 7 heteroatoms. The van der Waals surface area contributed by atoms with Crippen molar-refractivity contribution in [3.63, 3.8) is 0 Å². The van der Waals surface area contributed by atoms with Crippen LogP contribution in [0.25, 0.3) is 0 Å². The van der Waals surface area contributed by atoms with Gasteiger partial charge in [0.1, 0.15) is 0 Å². The molecule has 1 aliphatic rings. The molecule has 5 nitrogen and oxygen atoms in total. The van der Waals surface area contributed by atoms with Crippen LogP contribution >= 0.6 is 24.8 Å². The third-order valence-electron chi connectivity index (χ3n) is 3.74. The number of amides is 1. The number of nitrogens with one attached hydrogen (secondary N) is 1. The summed E-state index contributed by atoms with van der Waals surface area (Å²) >= 11 is 0. The van der Waals surface area contributed by atoms with Gasteiger partial charge < -0.3 is 15.0 Å². The molecular weight excluding hydrogens is 313 g/mol. The number of nitrogens with zero attached hydrogens (tertiary/aromatic N) is 2. The minimum atomic E-state index is 0. The number of hydrogen-bond donors (Lipinski definition) is 1. The maximum Gasteiger partial charge on any atom is 0.223 e. The van der Waals surface area contributed by atoms with Crippen molar-refractivity contribution in [2.75, 3.05) is 53.0 Å². The van der Waals surface area contributed by atoms with Gasteiger partial charge in [-0.3, -0.25) is 9.69 Å². The maximum absolute atomic E-state index is 12.0. The maximum atomic E-state index is 12.0. The zero-order valence-corrected chi connectivity index (χ0v) is 15.1. The molecule has 1 atom stereocenters. The fourth-order valence-corrected chi connectivity index (χ4v) is 2.52. The lowest BCUT2D eigenvalue weighted by molar-refractivity contribution is -0.134. The lowest BCUT2D eigenvalue weighted by atomic mass is 10.1. The van der Waals surface area contributed by atoms with E-state index >= 15 is 0 Å². The normalized spacial score (nSPS) is 18.8. The van der Waals surface area contributed by atoms with Gasteiger partial charge in [0.25, 0.3) is 0 Å². The van der Waals surface area contributed by atoms with Gasteiger partial charge in [-0.2, -0.15) is 0 Å². The predicted octanol–water partition coefficient (Wildman–Crippen LogP) is 1.40. The summed E-state index contributed by atoms with van der Waals surface area (Å²) < 4.78 is 5.43. The van der Waals surface area contributed by atoms with E-state index in [-0.39, 0.29) is 30.7 Å². The zero-order chi connectivity index (χ0) is 14.1. The Morgan fingerprint density at radius 2 is 2.00 bits per heavy atom. The van der Waals surface area contributed by atoms with E-state index in [0.717, 1.165) is 52.4 Å². The van der Waals surface area contributed by atoms with Crippen LogP contribution in [0.15, 0.2) is 0 Å². The quantitative estimate of drug-likeness (QED) is 0.676. The van der Waals surface area contributed by atoms with Gasteiger partial charge >= 0.3 is 0 Å². The number of rotatable bonds is 8. The Bertz CT molecular complexity index is 271. The number of halogens is 2. The van der Waals surface area contributed by atoms with Gasteiger partial charge in [-0.25, -0.2) is 0 Å². The molecule has 1 fully saturated rings. The predicted molar refractivity (Wildman–Crippen MR) is 91.8 cm³/mol. The fraction of sp³-hybridized carbons (Fsp3) is 0.929. The average molecular weight is 344 g/mol. The zero-order valence-electron chi connectivity index (χ0n) is 13.5. The first-order valence-electron chi connectivity index (χ1n) is 7.47. The van der Waals surface area contributed by atoms with Crippen LogP contribution in [0, 0.1) is 0 Å². The number of piperazine rings is 1. The van der Waals surface area contributed by atoms with E-state index in [9.17, 15) is 4.79 Å². The molecule has 0 spiro atoms. The molecule has 0 radical (unpaired) electrons.